The first-order valence-corrected chi connectivity index (χ1v) is 9.92. The van der Waals surface area contributed by atoms with E-state index in [0.29, 0.717) is 22.5 Å². The number of amides is 1. The lowest BCUT2D eigenvalue weighted by Crippen LogP contribution is -2.37. The first-order valence-electron chi connectivity index (χ1n) is 8.67. The van der Waals surface area contributed by atoms with E-state index in [0.717, 1.165) is 11.3 Å². The van der Waals surface area contributed by atoms with Crippen molar-refractivity contribution in [3.05, 3.63) is 59.6 Å². The van der Waals surface area contributed by atoms with E-state index in [9.17, 15) is 4.79 Å². The molecule has 1 unspecified atom stereocenters. The smallest absolute Gasteiger partial charge is 0.240 e. The monoisotopic (exact) mass is 411 g/mol. The summed E-state index contributed by atoms with van der Waals surface area (Å²) in [5, 5.41) is 16.7. The number of hydrogen-bond donors (Lipinski definition) is 1. The molecule has 6 nitrogen and oxygen atoms in total. The number of nitriles is 1. The number of carbonyl (C=O) groups is 1. The van der Waals surface area contributed by atoms with Gasteiger partial charge in [0.05, 0.1) is 17.7 Å². The highest BCUT2D eigenvalue weighted by Crippen LogP contribution is 2.26. The van der Waals surface area contributed by atoms with Crippen molar-refractivity contribution >= 4 is 35.0 Å². The number of carbonyl (C=O) groups excluding carboxylic acids is 1. The Balaban J connectivity index is 1.72. The molecule has 0 bridgehead atoms. The van der Waals surface area contributed by atoms with Gasteiger partial charge in [-0.3, -0.25) is 9.89 Å². The van der Waals surface area contributed by atoms with Gasteiger partial charge in [-0.05, 0) is 43.3 Å². The zero-order valence-electron chi connectivity index (χ0n) is 15.2. The molecule has 0 saturated carbocycles. The summed E-state index contributed by atoms with van der Waals surface area (Å²) in [6, 6.07) is 18.7. The van der Waals surface area contributed by atoms with Gasteiger partial charge >= 0.3 is 0 Å². The van der Waals surface area contributed by atoms with Crippen LogP contribution >= 0.6 is 23.4 Å². The first-order chi connectivity index (χ1) is 13.6. The van der Waals surface area contributed by atoms with Crippen LogP contribution in [0.3, 0.4) is 0 Å². The standard InChI is InChI=1S/C20H18ClN5OS/c1-14(19(27)26(13-5-12-22)17-6-3-2-4-7-17)28-20-23-18(24-25-20)15-8-10-16(21)11-9-15/h2-4,6-11,14H,5,13H2,1H3,(H,23,24,25). The van der Waals surface area contributed by atoms with Crippen LogP contribution < -0.4 is 4.90 Å². The molecule has 1 amide bonds. The minimum absolute atomic E-state index is 0.0932. The number of nitrogens with zero attached hydrogens (tertiary/aromatic N) is 4. The fourth-order valence-electron chi connectivity index (χ4n) is 2.60. The van der Waals surface area contributed by atoms with E-state index in [4.69, 9.17) is 16.9 Å². The third-order valence-corrected chi connectivity index (χ3v) is 5.19. The average Bonchev–Trinajstić information content (AvgIpc) is 3.18. The Kier molecular flexibility index (Phi) is 6.69. The van der Waals surface area contributed by atoms with Gasteiger partial charge in [-0.25, -0.2) is 4.98 Å². The van der Waals surface area contributed by atoms with E-state index in [1.54, 1.807) is 17.0 Å². The Morgan fingerprint density at radius 2 is 1.96 bits per heavy atom. The van der Waals surface area contributed by atoms with Crippen molar-refractivity contribution in [3.63, 3.8) is 0 Å². The molecule has 0 aliphatic heterocycles. The highest BCUT2D eigenvalue weighted by Gasteiger charge is 2.24. The Bertz CT molecular complexity index is 968. The van der Waals surface area contributed by atoms with Gasteiger partial charge in [0.25, 0.3) is 0 Å². The molecule has 1 atom stereocenters. The molecular weight excluding hydrogens is 394 g/mol. The summed E-state index contributed by atoms with van der Waals surface area (Å²) in [4.78, 5) is 19.1. The number of halogens is 1. The molecule has 0 fully saturated rings. The molecule has 0 aliphatic rings. The van der Waals surface area contributed by atoms with Crippen molar-refractivity contribution in [2.45, 2.75) is 23.8 Å². The van der Waals surface area contributed by atoms with E-state index >= 15 is 0 Å². The number of H-pyrrole nitrogens is 1. The lowest BCUT2D eigenvalue weighted by Gasteiger charge is -2.24. The quantitative estimate of drug-likeness (QED) is 0.576. The highest BCUT2D eigenvalue weighted by atomic mass is 35.5. The first kappa shape index (κ1) is 19.9. The third kappa shape index (κ3) is 4.91. The van der Waals surface area contributed by atoms with Gasteiger partial charge < -0.3 is 4.90 Å². The Morgan fingerprint density at radius 3 is 2.64 bits per heavy atom. The lowest BCUT2D eigenvalue weighted by molar-refractivity contribution is -0.117. The van der Waals surface area contributed by atoms with Gasteiger partial charge in [-0.1, -0.05) is 41.6 Å². The molecule has 3 aromatic rings. The summed E-state index contributed by atoms with van der Waals surface area (Å²) in [5.74, 6) is 0.521. The van der Waals surface area contributed by atoms with E-state index in [2.05, 4.69) is 21.3 Å². The van der Waals surface area contributed by atoms with Crippen molar-refractivity contribution < 1.29 is 4.79 Å². The zero-order chi connectivity index (χ0) is 19.9. The number of benzene rings is 2. The number of aromatic nitrogens is 3. The molecule has 1 heterocycles. The van der Waals surface area contributed by atoms with Crippen molar-refractivity contribution in [1.82, 2.24) is 15.2 Å². The van der Waals surface area contributed by atoms with Gasteiger partial charge in [-0.15, -0.1) is 5.10 Å². The van der Waals surface area contributed by atoms with Gasteiger partial charge in [0, 0.05) is 22.8 Å². The topological polar surface area (TPSA) is 85.7 Å². The number of aromatic amines is 1. The van der Waals surface area contributed by atoms with Gasteiger partial charge in [0.2, 0.25) is 11.1 Å². The summed E-state index contributed by atoms with van der Waals surface area (Å²) in [7, 11) is 0. The Morgan fingerprint density at radius 1 is 1.25 bits per heavy atom. The van der Waals surface area contributed by atoms with Crippen LogP contribution in [0, 0.1) is 11.3 Å². The second-order valence-corrected chi connectivity index (χ2v) is 7.71. The van der Waals surface area contributed by atoms with Crippen molar-refractivity contribution in [3.8, 4) is 17.5 Å². The normalized spacial score (nSPS) is 11.6. The molecule has 1 aromatic heterocycles. The number of anilines is 1. The molecule has 28 heavy (non-hydrogen) atoms. The number of rotatable bonds is 7. The van der Waals surface area contributed by atoms with Crippen LogP contribution in [0.15, 0.2) is 59.8 Å². The number of nitrogens with one attached hydrogen (secondary N) is 1. The highest BCUT2D eigenvalue weighted by molar-refractivity contribution is 8.00. The summed E-state index contributed by atoms with van der Waals surface area (Å²) in [5.41, 5.74) is 1.63. The van der Waals surface area contributed by atoms with Gasteiger partial charge in [0.15, 0.2) is 5.82 Å². The molecule has 0 aliphatic carbocycles. The largest absolute Gasteiger partial charge is 0.310 e. The fourth-order valence-corrected chi connectivity index (χ4v) is 3.51. The summed E-state index contributed by atoms with van der Waals surface area (Å²) in [6.45, 7) is 2.15. The minimum atomic E-state index is -0.409. The van der Waals surface area contributed by atoms with Crippen LogP contribution in [0.25, 0.3) is 11.4 Å². The second-order valence-electron chi connectivity index (χ2n) is 5.97. The molecule has 1 N–H and O–H groups in total. The maximum absolute atomic E-state index is 13.0. The summed E-state index contributed by atoms with van der Waals surface area (Å²) < 4.78 is 0. The maximum Gasteiger partial charge on any atom is 0.240 e. The average molecular weight is 412 g/mol. The van der Waals surface area contributed by atoms with E-state index in [-0.39, 0.29) is 12.3 Å². The molecule has 8 heteroatoms. The number of hydrogen-bond acceptors (Lipinski definition) is 5. The zero-order valence-corrected chi connectivity index (χ0v) is 16.7. The maximum atomic E-state index is 13.0. The molecule has 2 aromatic carbocycles. The fraction of sp³-hybridized carbons (Fsp3) is 0.200. The van der Waals surface area contributed by atoms with E-state index in [1.165, 1.54) is 11.8 Å². The van der Waals surface area contributed by atoms with Crippen LogP contribution in [0.2, 0.25) is 5.02 Å². The molecule has 142 valence electrons. The van der Waals surface area contributed by atoms with Gasteiger partial charge in [0.1, 0.15) is 0 Å². The summed E-state index contributed by atoms with van der Waals surface area (Å²) in [6.07, 6.45) is 0.263. The van der Waals surface area contributed by atoms with Gasteiger partial charge in [-0.2, -0.15) is 5.26 Å². The number of para-hydroxylation sites is 1. The SMILES string of the molecule is CC(Sc1n[nH]c(-c2ccc(Cl)cc2)n1)C(=O)N(CCC#N)c1ccccc1. The van der Waals surface area contributed by atoms with Crippen LogP contribution in [-0.4, -0.2) is 32.9 Å². The Labute approximate surface area is 172 Å². The van der Waals surface area contributed by atoms with E-state index < -0.39 is 5.25 Å². The lowest BCUT2D eigenvalue weighted by atomic mass is 10.2. The molecular formula is C20H18ClN5OS. The number of thioether (sulfide) groups is 1. The van der Waals surface area contributed by atoms with Crippen LogP contribution in [0.1, 0.15) is 13.3 Å². The molecule has 0 saturated heterocycles. The van der Waals surface area contributed by atoms with Crippen molar-refractivity contribution in [1.29, 1.82) is 5.26 Å². The second kappa shape index (κ2) is 9.40. The minimum Gasteiger partial charge on any atom is -0.310 e. The predicted molar refractivity (Wildman–Crippen MR) is 111 cm³/mol. The predicted octanol–water partition coefficient (Wildman–Crippen LogP) is 4.55. The summed E-state index contributed by atoms with van der Waals surface area (Å²) >= 11 is 7.18. The molecule has 3 rings (SSSR count). The van der Waals surface area contributed by atoms with Crippen LogP contribution in [0.5, 0.6) is 0 Å². The van der Waals surface area contributed by atoms with Crippen LogP contribution in [-0.2, 0) is 4.79 Å². The molecule has 0 radical (unpaired) electrons. The van der Waals surface area contributed by atoms with Crippen molar-refractivity contribution in [2.24, 2.45) is 0 Å². The van der Waals surface area contributed by atoms with Crippen molar-refractivity contribution in [2.75, 3.05) is 11.4 Å². The van der Waals surface area contributed by atoms with E-state index in [1.807, 2.05) is 49.4 Å². The molecule has 0 spiro atoms. The van der Waals surface area contributed by atoms with Crippen LogP contribution in [0.4, 0.5) is 5.69 Å². The Hall–Kier alpha value is -2.82. The third-order valence-electron chi connectivity index (χ3n) is 3.99.